The summed E-state index contributed by atoms with van der Waals surface area (Å²) >= 11 is 12.6. The monoisotopic (exact) mass is 400 g/mol. The molecule has 138 valence electrons. The lowest BCUT2D eigenvalue weighted by Gasteiger charge is -2.15. The molecule has 27 heavy (non-hydrogen) atoms. The van der Waals surface area contributed by atoms with E-state index in [2.05, 4.69) is 20.3 Å². The Morgan fingerprint density at radius 2 is 1.85 bits per heavy atom. The molecule has 3 rings (SSSR count). The zero-order chi connectivity index (χ0) is 19.6. The van der Waals surface area contributed by atoms with Crippen molar-refractivity contribution in [2.45, 2.75) is 20.4 Å². The lowest BCUT2D eigenvalue weighted by molar-refractivity contribution is 0.992. The minimum absolute atomic E-state index is 0.0266. The number of rotatable bonds is 5. The highest BCUT2D eigenvalue weighted by Gasteiger charge is 2.18. The first-order chi connectivity index (χ1) is 12.9. The summed E-state index contributed by atoms with van der Waals surface area (Å²) in [5.74, 6) is 0.401. The van der Waals surface area contributed by atoms with E-state index in [0.717, 1.165) is 16.8 Å². The Morgan fingerprint density at radius 3 is 2.56 bits per heavy atom. The van der Waals surface area contributed by atoms with Gasteiger partial charge in [-0.15, -0.1) is 0 Å². The second-order valence-corrected chi connectivity index (χ2v) is 6.75. The third kappa shape index (κ3) is 4.02. The van der Waals surface area contributed by atoms with Gasteiger partial charge in [0, 0.05) is 16.8 Å². The molecule has 1 aromatic carbocycles. The molecule has 0 aliphatic carbocycles. The van der Waals surface area contributed by atoms with E-state index < -0.39 is 0 Å². The highest BCUT2D eigenvalue weighted by Crippen LogP contribution is 2.27. The topological polar surface area (TPSA) is 101 Å². The van der Waals surface area contributed by atoms with Crippen LogP contribution in [0.3, 0.4) is 0 Å². The molecule has 0 spiro atoms. The lowest BCUT2D eigenvalue weighted by Crippen LogP contribution is -2.14. The normalized spacial score (nSPS) is 10.7. The molecule has 3 aromatic rings. The highest BCUT2D eigenvalue weighted by atomic mass is 35.5. The van der Waals surface area contributed by atoms with Crippen molar-refractivity contribution in [1.29, 1.82) is 5.41 Å². The number of halogens is 2. The Morgan fingerprint density at radius 1 is 1.15 bits per heavy atom. The van der Waals surface area contributed by atoms with Crippen LogP contribution in [0.15, 0.2) is 36.5 Å². The number of hydrogen-bond acceptors (Lipinski definition) is 6. The average Bonchev–Trinajstić information content (AvgIpc) is 2.65. The van der Waals surface area contributed by atoms with E-state index in [1.165, 1.54) is 0 Å². The van der Waals surface area contributed by atoms with Crippen LogP contribution in [0.2, 0.25) is 10.2 Å². The van der Waals surface area contributed by atoms with Gasteiger partial charge < -0.3 is 11.1 Å². The molecular formula is C19H18Cl2N6. The summed E-state index contributed by atoms with van der Waals surface area (Å²) in [6.45, 7) is 4.17. The van der Waals surface area contributed by atoms with Gasteiger partial charge in [0.05, 0.1) is 23.5 Å². The molecule has 2 aromatic heterocycles. The van der Waals surface area contributed by atoms with Crippen molar-refractivity contribution in [3.05, 3.63) is 74.7 Å². The van der Waals surface area contributed by atoms with E-state index >= 15 is 0 Å². The zero-order valence-corrected chi connectivity index (χ0v) is 16.4. The van der Waals surface area contributed by atoms with Crippen molar-refractivity contribution in [1.82, 2.24) is 15.0 Å². The van der Waals surface area contributed by atoms with Crippen LogP contribution in [-0.4, -0.2) is 20.7 Å². The maximum atomic E-state index is 8.53. The van der Waals surface area contributed by atoms with Gasteiger partial charge in [-0.25, -0.2) is 4.98 Å². The van der Waals surface area contributed by atoms with Crippen molar-refractivity contribution < 1.29 is 0 Å². The van der Waals surface area contributed by atoms with E-state index in [-0.39, 0.29) is 16.8 Å². The molecule has 0 aliphatic rings. The van der Waals surface area contributed by atoms with Gasteiger partial charge in [-0.3, -0.25) is 10.4 Å². The first kappa shape index (κ1) is 19.1. The predicted octanol–water partition coefficient (Wildman–Crippen LogP) is 4.41. The van der Waals surface area contributed by atoms with E-state index in [0.29, 0.717) is 28.5 Å². The van der Waals surface area contributed by atoms with Gasteiger partial charge in [-0.1, -0.05) is 53.5 Å². The molecule has 0 saturated carbocycles. The Hall–Kier alpha value is -2.70. The maximum absolute atomic E-state index is 8.53. The molecule has 0 atom stereocenters. The molecule has 0 fully saturated rings. The molecule has 8 heteroatoms. The van der Waals surface area contributed by atoms with Gasteiger partial charge in [0.1, 0.15) is 11.0 Å². The van der Waals surface area contributed by atoms with Crippen LogP contribution in [0.4, 0.5) is 11.8 Å². The number of nitrogens with zero attached hydrogens (tertiary/aromatic N) is 3. The molecule has 0 amide bonds. The summed E-state index contributed by atoms with van der Waals surface area (Å²) in [4.78, 5) is 12.7. The maximum Gasteiger partial charge on any atom is 0.223 e. The fourth-order valence-electron chi connectivity index (χ4n) is 2.64. The van der Waals surface area contributed by atoms with Gasteiger partial charge in [-0.05, 0) is 25.0 Å². The van der Waals surface area contributed by atoms with Crippen LogP contribution < -0.4 is 11.1 Å². The van der Waals surface area contributed by atoms with Crippen LogP contribution >= 0.6 is 23.2 Å². The van der Waals surface area contributed by atoms with Crippen molar-refractivity contribution in [2.24, 2.45) is 0 Å². The standard InChI is InChI=1S/C19H18Cl2N6/c1-10-8-24-13(11(2)15(10)20)9-25-18-14(17(21)26-19(23)27-18)16(22)12-6-4-3-5-7-12/h3-8,22H,9H2,1-2H3,(H3,23,25,26,27). The van der Waals surface area contributed by atoms with Crippen molar-refractivity contribution in [3.8, 4) is 0 Å². The zero-order valence-electron chi connectivity index (χ0n) is 14.8. The van der Waals surface area contributed by atoms with E-state index in [9.17, 15) is 0 Å². The molecule has 6 nitrogen and oxygen atoms in total. The first-order valence-corrected chi connectivity index (χ1v) is 8.96. The minimum atomic E-state index is 0.0266. The molecule has 2 heterocycles. The number of pyridine rings is 1. The molecule has 0 unspecified atom stereocenters. The van der Waals surface area contributed by atoms with E-state index in [1.54, 1.807) is 6.20 Å². The number of nitrogens with one attached hydrogen (secondary N) is 2. The summed E-state index contributed by atoms with van der Waals surface area (Å²) in [6, 6.07) is 9.23. The third-order valence-corrected chi connectivity index (χ3v) is 5.00. The lowest BCUT2D eigenvalue weighted by atomic mass is 10.0. The molecule has 0 aliphatic heterocycles. The number of aryl methyl sites for hydroxylation is 1. The second-order valence-electron chi connectivity index (χ2n) is 6.02. The summed E-state index contributed by atoms with van der Waals surface area (Å²) in [5.41, 5.74) is 9.62. The number of nitrogen functional groups attached to an aromatic ring is 1. The number of nitrogens with two attached hydrogens (primary N) is 1. The highest BCUT2D eigenvalue weighted by molar-refractivity contribution is 6.35. The van der Waals surface area contributed by atoms with E-state index in [4.69, 9.17) is 34.3 Å². The first-order valence-electron chi connectivity index (χ1n) is 8.20. The summed E-state index contributed by atoms with van der Waals surface area (Å²) in [6.07, 6.45) is 1.72. The van der Waals surface area contributed by atoms with Crippen LogP contribution in [0.5, 0.6) is 0 Å². The Labute approximate surface area is 167 Å². The van der Waals surface area contributed by atoms with Crippen molar-refractivity contribution >= 4 is 40.7 Å². The molecule has 0 saturated heterocycles. The quantitative estimate of drug-likeness (QED) is 0.434. The van der Waals surface area contributed by atoms with Gasteiger partial charge in [0.15, 0.2) is 0 Å². The number of anilines is 2. The third-order valence-electron chi connectivity index (χ3n) is 4.14. The fourth-order valence-corrected chi connectivity index (χ4v) is 3.07. The Balaban J connectivity index is 1.96. The minimum Gasteiger partial charge on any atom is -0.368 e. The van der Waals surface area contributed by atoms with Gasteiger partial charge in [0.2, 0.25) is 5.95 Å². The van der Waals surface area contributed by atoms with Crippen LogP contribution in [0.1, 0.15) is 27.9 Å². The Bertz CT molecular complexity index is 1000. The summed E-state index contributed by atoms with van der Waals surface area (Å²) < 4.78 is 0. The molecular weight excluding hydrogens is 383 g/mol. The van der Waals surface area contributed by atoms with Crippen LogP contribution in [0.25, 0.3) is 0 Å². The van der Waals surface area contributed by atoms with Gasteiger partial charge >= 0.3 is 0 Å². The largest absolute Gasteiger partial charge is 0.368 e. The Kier molecular flexibility index (Phi) is 5.58. The van der Waals surface area contributed by atoms with Crippen molar-refractivity contribution in [2.75, 3.05) is 11.1 Å². The van der Waals surface area contributed by atoms with Crippen LogP contribution in [-0.2, 0) is 6.54 Å². The number of aromatic nitrogens is 3. The van der Waals surface area contributed by atoms with Crippen molar-refractivity contribution in [3.63, 3.8) is 0 Å². The van der Waals surface area contributed by atoms with Crippen LogP contribution in [0, 0.1) is 19.3 Å². The summed E-state index contributed by atoms with van der Waals surface area (Å²) in [5, 5.41) is 12.5. The smallest absolute Gasteiger partial charge is 0.223 e. The fraction of sp³-hybridized carbons (Fsp3) is 0.158. The summed E-state index contributed by atoms with van der Waals surface area (Å²) in [7, 11) is 0. The SMILES string of the molecule is Cc1cnc(CNc2nc(N)nc(Cl)c2C(=N)c2ccccc2)c(C)c1Cl. The number of benzene rings is 1. The van der Waals surface area contributed by atoms with Gasteiger partial charge in [0.25, 0.3) is 0 Å². The van der Waals surface area contributed by atoms with E-state index in [1.807, 2.05) is 44.2 Å². The second kappa shape index (κ2) is 7.90. The average molecular weight is 401 g/mol. The number of hydrogen-bond donors (Lipinski definition) is 3. The molecule has 4 N–H and O–H groups in total. The van der Waals surface area contributed by atoms with Gasteiger partial charge in [-0.2, -0.15) is 4.98 Å². The molecule has 0 bridgehead atoms. The molecule has 0 radical (unpaired) electrons. The predicted molar refractivity (Wildman–Crippen MR) is 110 cm³/mol.